The zero-order valence-electron chi connectivity index (χ0n) is 16.6. The summed E-state index contributed by atoms with van der Waals surface area (Å²) in [5, 5.41) is 4.05. The molecule has 0 spiro atoms. The molecule has 1 aliphatic heterocycles. The normalized spacial score (nSPS) is 13.6. The van der Waals surface area contributed by atoms with Crippen LogP contribution in [0.3, 0.4) is 0 Å². The first-order chi connectivity index (χ1) is 14.2. The van der Waals surface area contributed by atoms with Crippen LogP contribution in [0.15, 0.2) is 53.1 Å². The third kappa shape index (κ3) is 4.47. The minimum absolute atomic E-state index is 0.161. The Morgan fingerprint density at radius 3 is 2.79 bits per heavy atom. The molecule has 3 aromatic rings. The van der Waals surface area contributed by atoms with Crippen molar-refractivity contribution < 1.29 is 14.1 Å². The van der Waals surface area contributed by atoms with Gasteiger partial charge in [0.25, 0.3) is 0 Å². The van der Waals surface area contributed by atoms with E-state index in [2.05, 4.69) is 22.3 Å². The molecule has 0 saturated heterocycles. The number of aryl methyl sites for hydroxylation is 2. The van der Waals surface area contributed by atoms with Crippen molar-refractivity contribution >= 4 is 11.6 Å². The van der Waals surface area contributed by atoms with Crippen LogP contribution in [0.5, 0.6) is 5.75 Å². The van der Waals surface area contributed by atoms with Gasteiger partial charge in [0.15, 0.2) is 0 Å². The molecule has 29 heavy (non-hydrogen) atoms. The van der Waals surface area contributed by atoms with Gasteiger partial charge < -0.3 is 14.2 Å². The highest BCUT2D eigenvalue weighted by Gasteiger charge is 2.20. The predicted octanol–water partition coefficient (Wildman–Crippen LogP) is 4.44. The SMILES string of the molecule is COc1ccc(-c2noc(CCCC(=O)N3CCCCc4ccccc43)n2)cc1. The predicted molar refractivity (Wildman–Crippen MR) is 111 cm³/mol. The van der Waals surface area contributed by atoms with Gasteiger partial charge in [-0.2, -0.15) is 4.98 Å². The Morgan fingerprint density at radius 2 is 1.97 bits per heavy atom. The van der Waals surface area contributed by atoms with E-state index in [-0.39, 0.29) is 5.91 Å². The van der Waals surface area contributed by atoms with Crippen molar-refractivity contribution in [3.05, 3.63) is 60.0 Å². The van der Waals surface area contributed by atoms with Gasteiger partial charge in [0.1, 0.15) is 5.75 Å². The number of fused-ring (bicyclic) bond motifs is 1. The van der Waals surface area contributed by atoms with E-state index in [1.807, 2.05) is 41.3 Å². The third-order valence-electron chi connectivity index (χ3n) is 5.26. The zero-order valence-corrected chi connectivity index (χ0v) is 16.6. The molecule has 0 bridgehead atoms. The molecule has 1 aliphatic rings. The number of benzene rings is 2. The zero-order chi connectivity index (χ0) is 20.1. The second kappa shape index (κ2) is 8.90. The Labute approximate surface area is 170 Å². The van der Waals surface area contributed by atoms with Crippen LogP contribution in [-0.2, 0) is 17.6 Å². The van der Waals surface area contributed by atoms with Crippen molar-refractivity contribution in [1.29, 1.82) is 0 Å². The molecule has 0 radical (unpaired) electrons. The van der Waals surface area contributed by atoms with Gasteiger partial charge in [-0.1, -0.05) is 23.4 Å². The summed E-state index contributed by atoms with van der Waals surface area (Å²) < 4.78 is 10.5. The molecule has 150 valence electrons. The molecule has 0 saturated carbocycles. The number of hydrogen-bond donors (Lipinski definition) is 0. The molecule has 0 unspecified atom stereocenters. The van der Waals surface area contributed by atoms with Crippen molar-refractivity contribution in [3.8, 4) is 17.1 Å². The van der Waals surface area contributed by atoms with E-state index in [1.165, 1.54) is 5.56 Å². The first kappa shape index (κ1) is 19.2. The van der Waals surface area contributed by atoms with Crippen LogP contribution in [0.1, 0.15) is 37.1 Å². The van der Waals surface area contributed by atoms with Crippen LogP contribution >= 0.6 is 0 Å². The highest BCUT2D eigenvalue weighted by atomic mass is 16.5. The lowest BCUT2D eigenvalue weighted by molar-refractivity contribution is -0.118. The topological polar surface area (TPSA) is 68.5 Å². The number of hydrogen-bond acceptors (Lipinski definition) is 5. The van der Waals surface area contributed by atoms with Crippen molar-refractivity contribution in [2.75, 3.05) is 18.6 Å². The average molecular weight is 391 g/mol. The number of ether oxygens (including phenoxy) is 1. The molecule has 0 fully saturated rings. The highest BCUT2D eigenvalue weighted by molar-refractivity contribution is 5.94. The Kier molecular flexibility index (Phi) is 5.89. The van der Waals surface area contributed by atoms with E-state index in [0.29, 0.717) is 31.0 Å². The minimum Gasteiger partial charge on any atom is -0.497 e. The number of amides is 1. The number of para-hydroxylation sites is 1. The van der Waals surface area contributed by atoms with E-state index in [0.717, 1.165) is 42.8 Å². The summed E-state index contributed by atoms with van der Waals surface area (Å²) in [4.78, 5) is 19.2. The Balaban J connectivity index is 1.34. The van der Waals surface area contributed by atoms with Crippen LogP contribution in [0.25, 0.3) is 11.4 Å². The number of methoxy groups -OCH3 is 1. The molecule has 0 atom stereocenters. The summed E-state index contributed by atoms with van der Waals surface area (Å²) in [6.07, 6.45) is 4.93. The van der Waals surface area contributed by atoms with Gasteiger partial charge in [0.2, 0.25) is 17.6 Å². The lowest BCUT2D eigenvalue weighted by Crippen LogP contribution is -2.31. The van der Waals surface area contributed by atoms with Crippen LogP contribution in [0.2, 0.25) is 0 Å². The molecular weight excluding hydrogens is 366 g/mol. The standard InChI is InChI=1S/C23H25N3O3/c1-28-19-14-12-18(13-15-19)23-24-21(29-25-23)10-6-11-22(27)26-16-5-4-8-17-7-2-3-9-20(17)26/h2-3,7,9,12-15H,4-6,8,10-11,16H2,1H3. The molecule has 1 aromatic heterocycles. The van der Waals surface area contributed by atoms with Gasteiger partial charge in [-0.05, 0) is 61.6 Å². The molecule has 6 nitrogen and oxygen atoms in total. The first-order valence-corrected chi connectivity index (χ1v) is 10.1. The van der Waals surface area contributed by atoms with Gasteiger partial charge in [-0.15, -0.1) is 0 Å². The van der Waals surface area contributed by atoms with E-state index in [9.17, 15) is 4.79 Å². The number of rotatable bonds is 6. The van der Waals surface area contributed by atoms with E-state index in [1.54, 1.807) is 7.11 Å². The molecule has 2 aromatic carbocycles. The van der Waals surface area contributed by atoms with Crippen molar-refractivity contribution in [1.82, 2.24) is 10.1 Å². The fourth-order valence-electron chi connectivity index (χ4n) is 3.69. The second-order valence-corrected chi connectivity index (χ2v) is 7.22. The summed E-state index contributed by atoms with van der Waals surface area (Å²) in [5.74, 6) is 2.05. The molecule has 6 heteroatoms. The fourth-order valence-corrected chi connectivity index (χ4v) is 3.69. The first-order valence-electron chi connectivity index (χ1n) is 10.1. The monoisotopic (exact) mass is 391 g/mol. The average Bonchev–Trinajstić information content (AvgIpc) is 3.12. The van der Waals surface area contributed by atoms with Gasteiger partial charge in [0.05, 0.1) is 7.11 Å². The number of carbonyl (C=O) groups excluding carboxylic acids is 1. The van der Waals surface area contributed by atoms with Crippen LogP contribution in [0, 0.1) is 0 Å². The molecule has 0 N–H and O–H groups in total. The van der Waals surface area contributed by atoms with Crippen LogP contribution in [-0.4, -0.2) is 29.7 Å². The fraction of sp³-hybridized carbons (Fsp3) is 0.348. The molecule has 1 amide bonds. The highest BCUT2D eigenvalue weighted by Crippen LogP contribution is 2.27. The van der Waals surface area contributed by atoms with Gasteiger partial charge in [0, 0.05) is 30.6 Å². The number of nitrogens with zero attached hydrogens (tertiary/aromatic N) is 3. The van der Waals surface area contributed by atoms with E-state index >= 15 is 0 Å². The molecule has 0 aliphatic carbocycles. The van der Waals surface area contributed by atoms with Gasteiger partial charge in [-0.25, -0.2) is 0 Å². The van der Waals surface area contributed by atoms with E-state index in [4.69, 9.17) is 9.26 Å². The molecule has 2 heterocycles. The molecular formula is C23H25N3O3. The van der Waals surface area contributed by atoms with Crippen molar-refractivity contribution in [3.63, 3.8) is 0 Å². The lowest BCUT2D eigenvalue weighted by Gasteiger charge is -2.22. The van der Waals surface area contributed by atoms with Gasteiger partial charge in [-0.3, -0.25) is 4.79 Å². The minimum atomic E-state index is 0.161. The Bertz CT molecular complexity index is 966. The summed E-state index contributed by atoms with van der Waals surface area (Å²) in [6.45, 7) is 0.790. The van der Waals surface area contributed by atoms with E-state index < -0.39 is 0 Å². The third-order valence-corrected chi connectivity index (χ3v) is 5.26. The second-order valence-electron chi connectivity index (χ2n) is 7.22. The number of aromatic nitrogens is 2. The number of carbonyl (C=O) groups is 1. The number of anilines is 1. The summed E-state index contributed by atoms with van der Waals surface area (Å²) in [6, 6.07) is 15.7. The van der Waals surface area contributed by atoms with Crippen molar-refractivity contribution in [2.24, 2.45) is 0 Å². The molecule has 4 rings (SSSR count). The maximum atomic E-state index is 12.8. The maximum Gasteiger partial charge on any atom is 0.226 e. The van der Waals surface area contributed by atoms with Crippen molar-refractivity contribution in [2.45, 2.75) is 38.5 Å². The smallest absolute Gasteiger partial charge is 0.226 e. The lowest BCUT2D eigenvalue weighted by atomic mass is 10.1. The maximum absolute atomic E-state index is 12.8. The van der Waals surface area contributed by atoms with Gasteiger partial charge >= 0.3 is 0 Å². The Hall–Kier alpha value is -3.15. The summed E-state index contributed by atoms with van der Waals surface area (Å²) in [7, 11) is 1.63. The van der Waals surface area contributed by atoms with Crippen LogP contribution in [0.4, 0.5) is 5.69 Å². The van der Waals surface area contributed by atoms with Crippen LogP contribution < -0.4 is 9.64 Å². The summed E-state index contributed by atoms with van der Waals surface area (Å²) >= 11 is 0. The Morgan fingerprint density at radius 1 is 1.14 bits per heavy atom. The quantitative estimate of drug-likeness (QED) is 0.621. The largest absolute Gasteiger partial charge is 0.497 e. The summed E-state index contributed by atoms with van der Waals surface area (Å²) in [5.41, 5.74) is 3.20.